The number of rotatable bonds is 7. The molecule has 4 aromatic rings. The van der Waals surface area contributed by atoms with Crippen molar-refractivity contribution in [2.75, 3.05) is 26.2 Å². The molecule has 0 aliphatic carbocycles. The first-order valence-electron chi connectivity index (χ1n) is 12.5. The lowest BCUT2D eigenvalue weighted by molar-refractivity contribution is 0.0600. The van der Waals surface area contributed by atoms with E-state index in [2.05, 4.69) is 39.7 Å². The van der Waals surface area contributed by atoms with E-state index in [1.54, 1.807) is 26.5 Å². The quantitative estimate of drug-likeness (QED) is 0.243. The SMILES string of the molecule is COC(=O)c1cccc(-n2c(C)cc([C@H]3[C@H](c4ccccn4)NC(=S)N3c3ccc(OC)cc3OC)c2C)c1. The smallest absolute Gasteiger partial charge is 0.337 e. The third-order valence-electron chi connectivity index (χ3n) is 7.06. The number of ether oxygens (including phenoxy) is 3. The molecule has 39 heavy (non-hydrogen) atoms. The highest BCUT2D eigenvalue weighted by molar-refractivity contribution is 7.80. The maximum Gasteiger partial charge on any atom is 0.337 e. The van der Waals surface area contributed by atoms with E-state index < -0.39 is 0 Å². The largest absolute Gasteiger partial charge is 0.497 e. The Kier molecular flexibility index (Phi) is 7.26. The summed E-state index contributed by atoms with van der Waals surface area (Å²) >= 11 is 5.92. The van der Waals surface area contributed by atoms with E-state index >= 15 is 0 Å². The van der Waals surface area contributed by atoms with Crippen LogP contribution in [0, 0.1) is 13.8 Å². The van der Waals surface area contributed by atoms with Gasteiger partial charge in [-0.1, -0.05) is 12.1 Å². The number of thiocarbonyl (C=S) groups is 1. The maximum atomic E-state index is 12.2. The van der Waals surface area contributed by atoms with E-state index in [1.807, 2.05) is 54.6 Å². The maximum absolute atomic E-state index is 12.2. The van der Waals surface area contributed by atoms with Crippen molar-refractivity contribution in [3.05, 3.63) is 101 Å². The van der Waals surface area contributed by atoms with Crippen molar-refractivity contribution in [2.45, 2.75) is 25.9 Å². The average Bonchev–Trinajstić information content (AvgIpc) is 3.46. The number of esters is 1. The van der Waals surface area contributed by atoms with Crippen molar-refractivity contribution >= 4 is 29.0 Å². The lowest BCUT2D eigenvalue weighted by Crippen LogP contribution is -2.30. The molecule has 3 heterocycles. The highest BCUT2D eigenvalue weighted by Crippen LogP contribution is 2.46. The summed E-state index contributed by atoms with van der Waals surface area (Å²) in [5.74, 6) is 0.956. The van der Waals surface area contributed by atoms with E-state index in [-0.39, 0.29) is 18.1 Å². The van der Waals surface area contributed by atoms with E-state index in [9.17, 15) is 4.79 Å². The van der Waals surface area contributed by atoms with Gasteiger partial charge in [-0.3, -0.25) is 4.98 Å². The number of benzene rings is 2. The van der Waals surface area contributed by atoms with Crippen LogP contribution in [-0.4, -0.2) is 42.0 Å². The molecule has 0 unspecified atom stereocenters. The third kappa shape index (κ3) is 4.70. The number of nitrogens with zero attached hydrogens (tertiary/aromatic N) is 3. The van der Waals surface area contributed by atoms with Crippen molar-refractivity contribution in [3.63, 3.8) is 0 Å². The van der Waals surface area contributed by atoms with Crippen LogP contribution >= 0.6 is 12.2 Å². The third-order valence-corrected chi connectivity index (χ3v) is 7.37. The summed E-state index contributed by atoms with van der Waals surface area (Å²) in [6.07, 6.45) is 1.79. The second kappa shape index (κ2) is 10.8. The summed E-state index contributed by atoms with van der Waals surface area (Å²) in [6, 6.07) is 20.7. The molecular weight excluding hydrogens is 512 g/mol. The fourth-order valence-corrected chi connectivity index (χ4v) is 5.63. The van der Waals surface area contributed by atoms with Gasteiger partial charge in [-0.25, -0.2) is 4.79 Å². The molecule has 1 aliphatic heterocycles. The minimum absolute atomic E-state index is 0.221. The van der Waals surface area contributed by atoms with Crippen LogP contribution in [0.1, 0.15) is 45.1 Å². The monoisotopic (exact) mass is 542 g/mol. The molecule has 2 atom stereocenters. The highest BCUT2D eigenvalue weighted by Gasteiger charge is 2.43. The number of carbonyl (C=O) groups is 1. The summed E-state index contributed by atoms with van der Waals surface area (Å²) < 4.78 is 18.3. The van der Waals surface area contributed by atoms with Gasteiger partial charge in [0.25, 0.3) is 0 Å². The molecule has 1 fully saturated rings. The second-order valence-electron chi connectivity index (χ2n) is 9.24. The van der Waals surface area contributed by atoms with Crippen molar-refractivity contribution in [3.8, 4) is 17.2 Å². The number of aromatic nitrogens is 2. The van der Waals surface area contributed by atoms with Gasteiger partial charge in [0.2, 0.25) is 0 Å². The van der Waals surface area contributed by atoms with E-state index in [1.165, 1.54) is 7.11 Å². The number of hydrogen-bond acceptors (Lipinski definition) is 6. The summed E-state index contributed by atoms with van der Waals surface area (Å²) in [6.45, 7) is 4.13. The number of hydrogen-bond donors (Lipinski definition) is 1. The summed E-state index contributed by atoms with van der Waals surface area (Å²) in [7, 11) is 4.64. The molecule has 0 spiro atoms. The normalized spacial score (nSPS) is 16.6. The number of pyridine rings is 1. The molecule has 1 N–H and O–H groups in total. The predicted molar refractivity (Wildman–Crippen MR) is 154 cm³/mol. The van der Waals surface area contributed by atoms with Crippen molar-refractivity contribution in [1.29, 1.82) is 0 Å². The summed E-state index contributed by atoms with van der Waals surface area (Å²) in [5, 5.41) is 4.08. The Balaban J connectivity index is 1.68. The molecule has 9 heteroatoms. The molecule has 0 amide bonds. The zero-order valence-corrected chi connectivity index (χ0v) is 23.3. The number of nitrogens with one attached hydrogen (secondary N) is 1. The molecule has 2 aromatic heterocycles. The van der Waals surface area contributed by atoms with E-state index in [4.69, 9.17) is 26.4 Å². The van der Waals surface area contributed by atoms with Crippen LogP contribution in [0.4, 0.5) is 5.69 Å². The number of aryl methyl sites for hydroxylation is 1. The number of carbonyl (C=O) groups excluding carboxylic acids is 1. The van der Waals surface area contributed by atoms with Gasteiger partial charge in [0.1, 0.15) is 11.5 Å². The van der Waals surface area contributed by atoms with Gasteiger partial charge in [-0.15, -0.1) is 0 Å². The Morgan fingerprint density at radius 1 is 0.974 bits per heavy atom. The van der Waals surface area contributed by atoms with Crippen LogP contribution < -0.4 is 19.7 Å². The Morgan fingerprint density at radius 2 is 1.79 bits per heavy atom. The Labute approximate surface area is 233 Å². The predicted octanol–water partition coefficient (Wildman–Crippen LogP) is 5.47. The van der Waals surface area contributed by atoms with E-state index in [0.717, 1.165) is 34.0 Å². The first kappa shape index (κ1) is 26.2. The standard InChI is InChI=1S/C30H30N4O4S/c1-18-15-23(19(2)33(18)21-10-8-9-20(16-21)29(35)38-5)28-27(24-11-6-7-14-31-24)32-30(39)34(28)25-13-12-22(36-3)17-26(25)37-4/h6-17,27-28H,1-5H3,(H,32,39)/t27-,28-/m0/s1. The molecule has 200 valence electrons. The molecule has 0 radical (unpaired) electrons. The van der Waals surface area contributed by atoms with E-state index in [0.29, 0.717) is 22.2 Å². The Hall–Kier alpha value is -4.37. The fourth-order valence-electron chi connectivity index (χ4n) is 5.29. The number of anilines is 1. The van der Waals surface area contributed by atoms with Crippen molar-refractivity contribution < 1.29 is 19.0 Å². The van der Waals surface area contributed by atoms with Gasteiger partial charge in [0.15, 0.2) is 5.11 Å². The molecule has 1 aliphatic rings. The molecule has 0 bridgehead atoms. The summed E-state index contributed by atoms with van der Waals surface area (Å²) in [5.41, 5.74) is 6.15. The zero-order valence-electron chi connectivity index (χ0n) is 22.5. The van der Waals surface area contributed by atoms with Gasteiger partial charge in [0, 0.05) is 29.3 Å². The van der Waals surface area contributed by atoms with Crippen LogP contribution in [0.25, 0.3) is 5.69 Å². The molecule has 5 rings (SSSR count). The molecule has 0 saturated carbocycles. The van der Waals surface area contributed by atoms with Gasteiger partial charge in [0.05, 0.1) is 50.4 Å². The lowest BCUT2D eigenvalue weighted by atomic mass is 9.96. The second-order valence-corrected chi connectivity index (χ2v) is 9.62. The van der Waals surface area contributed by atoms with Gasteiger partial charge in [-0.05, 0) is 80.2 Å². The summed E-state index contributed by atoms with van der Waals surface area (Å²) in [4.78, 5) is 19.0. The van der Waals surface area contributed by atoms with Gasteiger partial charge in [-0.2, -0.15) is 0 Å². The molecular formula is C30H30N4O4S. The Bertz CT molecular complexity index is 1540. The van der Waals surface area contributed by atoms with Crippen LogP contribution in [-0.2, 0) is 4.74 Å². The Morgan fingerprint density at radius 3 is 2.49 bits per heavy atom. The van der Waals surface area contributed by atoms with Gasteiger partial charge >= 0.3 is 5.97 Å². The molecule has 1 saturated heterocycles. The minimum atomic E-state index is -0.377. The molecule has 2 aromatic carbocycles. The highest BCUT2D eigenvalue weighted by atomic mass is 32.1. The average molecular weight is 543 g/mol. The van der Waals surface area contributed by atoms with Gasteiger partial charge < -0.3 is 29.0 Å². The topological polar surface area (TPSA) is 77.9 Å². The lowest BCUT2D eigenvalue weighted by Gasteiger charge is -2.29. The molecule has 8 nitrogen and oxygen atoms in total. The first-order chi connectivity index (χ1) is 18.9. The van der Waals surface area contributed by atoms with Crippen LogP contribution in [0.3, 0.4) is 0 Å². The zero-order chi connectivity index (χ0) is 27.7. The first-order valence-corrected chi connectivity index (χ1v) is 12.9. The van der Waals surface area contributed by atoms with Crippen LogP contribution in [0.2, 0.25) is 0 Å². The number of methoxy groups -OCH3 is 3. The van der Waals surface area contributed by atoms with Crippen molar-refractivity contribution in [1.82, 2.24) is 14.9 Å². The fraction of sp³-hybridized carbons (Fsp3) is 0.233. The van der Waals surface area contributed by atoms with Crippen molar-refractivity contribution in [2.24, 2.45) is 0 Å². The minimum Gasteiger partial charge on any atom is -0.497 e. The van der Waals surface area contributed by atoms with Crippen LogP contribution in [0.5, 0.6) is 11.5 Å². The van der Waals surface area contributed by atoms with Crippen LogP contribution in [0.15, 0.2) is 72.9 Å².